The van der Waals surface area contributed by atoms with Crippen LogP contribution in [0.2, 0.25) is 0 Å². The summed E-state index contributed by atoms with van der Waals surface area (Å²) < 4.78 is 9.31. The van der Waals surface area contributed by atoms with Gasteiger partial charge in [-0.15, -0.1) is 0 Å². The Labute approximate surface area is 630 Å². The molecule has 530 valence electrons. The molecule has 0 unspecified atom stereocenters. The molecule has 0 radical (unpaired) electrons. The SMILES string of the molecule is Cc1c(N2c3ccccc3N(C)[C@@H]2C)cnc2ccccc12.Cc1c(N2c3ccccc3N(c3ccc4ccccc4c3)[C@@H]2C)ccc2cccnc12.Cc1c(N2c3ccccc3N(c3ccccc3)[C@@H]2C)ccc2ncccc12.[2H]C1(N2c3ccccc3N(c3ccc4cnccc4c3C)[C@H]2C)CCCCC1. The number of fused-ring (bicyclic) bond motifs is 9. The molecule has 1 aliphatic carbocycles. The standard InChI is InChI=1S/C28H23N3.C24H21N3.C24H27N3.C19H19N3/c1-19-25(16-14-22-10-7-17-29-28(19)22)31-20(2)30(26-11-5-6-12-27(26)31)24-15-13-21-8-3-4-9-23(21)18-24;1-17-20-11-8-16-25-21(20)14-15-22(17)27-18(2)26(19-9-4-3-5-10-19)23-12-6-7-13-24(23)27;1-17-21-14-15-25-16-19(21)12-13-22(17)27-18(2)26(20-8-4-3-5-9-20)23-10-6-7-11-24(23)27;1-13-15-8-4-5-9-16(15)20-12-19(13)22-14(2)21(3)17-10-6-7-11-18(17)22/h3-18,20H,1-2H3;3-16,18H,1-2H3;6-7,10-16,18,20H,3-5,8-9H2,1-2H3;4-12,14H,1-3H3/t20-;2*18-;14-/m0000/s1/i;;20D;. The minimum Gasteiger partial charge on any atom is -0.353 e. The van der Waals surface area contributed by atoms with Gasteiger partial charge in [0.1, 0.15) is 24.7 Å². The molecule has 4 aromatic heterocycles. The highest BCUT2D eigenvalue weighted by molar-refractivity contribution is 5.99. The predicted octanol–water partition coefficient (Wildman–Crippen LogP) is 24.2. The van der Waals surface area contributed by atoms with E-state index in [1.165, 1.54) is 146 Å². The van der Waals surface area contributed by atoms with Gasteiger partial charge in [0.25, 0.3) is 0 Å². The summed E-state index contributed by atoms with van der Waals surface area (Å²) in [5.41, 5.74) is 25.3. The van der Waals surface area contributed by atoms with Crippen LogP contribution in [0.5, 0.6) is 0 Å². The van der Waals surface area contributed by atoms with E-state index < -0.39 is 6.02 Å². The van der Waals surface area contributed by atoms with Crippen LogP contribution in [0.25, 0.3) is 54.3 Å². The van der Waals surface area contributed by atoms with E-state index in [1.807, 2.05) is 49.2 Å². The average molecular weight is 1400 g/mol. The smallest absolute Gasteiger partial charge is 0.108 e. The quantitative estimate of drug-likeness (QED) is 0.153. The fourth-order valence-electron chi connectivity index (χ4n) is 17.5. The lowest BCUT2D eigenvalue weighted by molar-refractivity contribution is 0.400. The number of aromatic nitrogens is 4. The molecule has 0 amide bonds. The van der Waals surface area contributed by atoms with Crippen LogP contribution in [-0.2, 0) is 0 Å². The van der Waals surface area contributed by atoms with Gasteiger partial charge >= 0.3 is 0 Å². The van der Waals surface area contributed by atoms with E-state index in [0.29, 0.717) is 0 Å². The molecule has 4 aliphatic heterocycles. The second-order valence-corrected chi connectivity index (χ2v) is 28.8. The van der Waals surface area contributed by atoms with Crippen molar-refractivity contribution in [3.63, 3.8) is 0 Å². The minimum absolute atomic E-state index is 0.117. The number of aryl methyl sites for hydroxylation is 4. The maximum Gasteiger partial charge on any atom is 0.108 e. The highest BCUT2D eigenvalue weighted by Gasteiger charge is 2.41. The molecule has 1 fully saturated rings. The number of pyridine rings is 4. The number of hydrogen-bond donors (Lipinski definition) is 0. The van der Waals surface area contributed by atoms with E-state index in [1.54, 1.807) is 0 Å². The third-order valence-corrected chi connectivity index (χ3v) is 22.9. The van der Waals surface area contributed by atoms with Crippen LogP contribution in [0.15, 0.2) is 292 Å². The van der Waals surface area contributed by atoms with Gasteiger partial charge in [0.05, 0.1) is 75.3 Å². The summed E-state index contributed by atoms with van der Waals surface area (Å²) in [6.45, 7) is 17.8. The van der Waals surface area contributed by atoms with Gasteiger partial charge in [0.2, 0.25) is 0 Å². The molecule has 12 nitrogen and oxygen atoms in total. The van der Waals surface area contributed by atoms with Crippen molar-refractivity contribution in [1.29, 1.82) is 0 Å². The largest absolute Gasteiger partial charge is 0.353 e. The molecule has 4 atom stereocenters. The van der Waals surface area contributed by atoms with Gasteiger partial charge in [-0.1, -0.05) is 159 Å². The highest BCUT2D eigenvalue weighted by atomic mass is 15.4. The van der Waals surface area contributed by atoms with E-state index in [9.17, 15) is 1.37 Å². The van der Waals surface area contributed by atoms with Crippen molar-refractivity contribution < 1.29 is 1.37 Å². The van der Waals surface area contributed by atoms with E-state index in [4.69, 9.17) is 0 Å². The van der Waals surface area contributed by atoms with Gasteiger partial charge < -0.3 is 39.2 Å². The summed E-state index contributed by atoms with van der Waals surface area (Å²) in [6.07, 6.45) is 15.7. The molecule has 11 aromatic carbocycles. The molecule has 8 heterocycles. The molecule has 0 N–H and O–H groups in total. The van der Waals surface area contributed by atoms with Crippen molar-refractivity contribution >= 4 is 134 Å². The predicted molar refractivity (Wildman–Crippen MR) is 451 cm³/mol. The van der Waals surface area contributed by atoms with Gasteiger partial charge in [0, 0.05) is 87.8 Å². The van der Waals surface area contributed by atoms with Crippen LogP contribution < -0.4 is 39.2 Å². The van der Waals surface area contributed by atoms with Crippen LogP contribution in [0.4, 0.5) is 79.6 Å². The normalized spacial score (nSPS) is 17.6. The van der Waals surface area contributed by atoms with E-state index in [-0.39, 0.29) is 24.7 Å². The number of rotatable bonds is 7. The number of benzene rings is 11. The Bertz CT molecular complexity index is 5860. The molecule has 5 aliphatic rings. The van der Waals surface area contributed by atoms with Gasteiger partial charge in [-0.2, -0.15) is 0 Å². The minimum atomic E-state index is -0.517. The first-order valence-electron chi connectivity index (χ1n) is 38.3. The van der Waals surface area contributed by atoms with Crippen molar-refractivity contribution in [3.8, 4) is 0 Å². The van der Waals surface area contributed by atoms with Crippen LogP contribution in [0, 0.1) is 27.7 Å². The lowest BCUT2D eigenvalue weighted by Gasteiger charge is -2.38. The van der Waals surface area contributed by atoms with Crippen LogP contribution in [-0.4, -0.2) is 57.7 Å². The Morgan fingerprint density at radius 3 is 1.47 bits per heavy atom. The highest BCUT2D eigenvalue weighted by Crippen LogP contribution is 2.53. The molecule has 15 aromatic rings. The molecule has 20 rings (SSSR count). The first-order valence-corrected chi connectivity index (χ1v) is 37.8. The molecule has 12 heteroatoms. The molecule has 0 spiro atoms. The topological polar surface area (TPSA) is 77.5 Å². The Morgan fingerprint density at radius 2 is 0.776 bits per heavy atom. The Balaban J connectivity index is 0.000000106. The van der Waals surface area contributed by atoms with Crippen molar-refractivity contribution in [2.24, 2.45) is 0 Å². The Hall–Kier alpha value is -12.3. The van der Waals surface area contributed by atoms with Crippen LogP contribution >= 0.6 is 0 Å². The van der Waals surface area contributed by atoms with Gasteiger partial charge in [-0.25, -0.2) is 0 Å². The average Bonchev–Trinajstić information content (AvgIpc) is 1.58. The second kappa shape index (κ2) is 28.6. The van der Waals surface area contributed by atoms with Crippen molar-refractivity contribution in [3.05, 3.63) is 314 Å². The number of hydrogen-bond acceptors (Lipinski definition) is 12. The maximum absolute atomic E-state index is 9.31. The van der Waals surface area contributed by atoms with Gasteiger partial charge in [-0.05, 0) is 228 Å². The summed E-state index contributed by atoms with van der Waals surface area (Å²) in [6, 6.07) is 91.7. The first kappa shape index (κ1) is 66.7. The number of para-hydroxylation sites is 10. The first-order chi connectivity index (χ1) is 52.8. The zero-order valence-corrected chi connectivity index (χ0v) is 62.4. The second-order valence-electron chi connectivity index (χ2n) is 28.8. The zero-order chi connectivity index (χ0) is 73.9. The fourth-order valence-corrected chi connectivity index (χ4v) is 17.5. The molecule has 0 saturated heterocycles. The summed E-state index contributed by atoms with van der Waals surface area (Å²) in [4.78, 5) is 37.3. The molecule has 107 heavy (non-hydrogen) atoms. The Morgan fingerprint density at radius 1 is 0.308 bits per heavy atom. The van der Waals surface area contributed by atoms with E-state index in [0.717, 1.165) is 42.2 Å². The van der Waals surface area contributed by atoms with Gasteiger partial charge in [-0.3, -0.25) is 19.9 Å². The molecule has 0 bridgehead atoms. The Kier molecular flexibility index (Phi) is 17.8. The van der Waals surface area contributed by atoms with E-state index in [2.05, 4.69) is 364 Å². The maximum atomic E-state index is 9.31. The summed E-state index contributed by atoms with van der Waals surface area (Å²) in [5.74, 6) is 0. The number of nitrogens with zero attached hydrogens (tertiary/aromatic N) is 12. The fraction of sp³-hybridized carbons (Fsp3) is 0.200. The third-order valence-electron chi connectivity index (χ3n) is 22.9. The van der Waals surface area contributed by atoms with Crippen molar-refractivity contribution in [2.45, 2.75) is 118 Å². The summed E-state index contributed by atoms with van der Waals surface area (Å²) in [5, 5.41) is 8.54. The lowest BCUT2D eigenvalue weighted by Crippen LogP contribution is -2.45. The molecular weight excluding hydrogens is 1310 g/mol. The van der Waals surface area contributed by atoms with Crippen LogP contribution in [0.1, 0.15) is 83.4 Å². The van der Waals surface area contributed by atoms with E-state index >= 15 is 0 Å². The monoisotopic (exact) mass is 1400 g/mol. The van der Waals surface area contributed by atoms with Crippen LogP contribution in [0.3, 0.4) is 0 Å². The third kappa shape index (κ3) is 12.1. The lowest BCUT2D eigenvalue weighted by atomic mass is 9.93. The molecular formula is C95H90N12. The van der Waals surface area contributed by atoms with Crippen molar-refractivity contribution in [2.75, 3.05) is 46.2 Å². The summed E-state index contributed by atoms with van der Waals surface area (Å²) in [7, 11) is 2.15. The zero-order valence-electron chi connectivity index (χ0n) is 63.4. The van der Waals surface area contributed by atoms with Crippen molar-refractivity contribution in [1.82, 2.24) is 19.9 Å². The number of anilines is 14. The summed E-state index contributed by atoms with van der Waals surface area (Å²) >= 11 is 0. The van der Waals surface area contributed by atoms with Gasteiger partial charge in [0.15, 0.2) is 0 Å². The molecule has 1 saturated carbocycles.